The lowest BCUT2D eigenvalue weighted by molar-refractivity contribution is 0.305. The minimum absolute atomic E-state index is 0.108. The van der Waals surface area contributed by atoms with Crippen molar-refractivity contribution in [1.29, 1.82) is 5.26 Å². The van der Waals surface area contributed by atoms with Gasteiger partial charge in [0.05, 0.1) is 30.2 Å². The minimum Gasteiger partial charge on any atom is -0.369 e. The van der Waals surface area contributed by atoms with Gasteiger partial charge in [0.25, 0.3) is 10.1 Å². The lowest BCUT2D eigenvalue weighted by atomic mass is 9.88. The summed E-state index contributed by atoms with van der Waals surface area (Å²) in [6.07, 6.45) is 3.67. The predicted octanol–water partition coefficient (Wildman–Crippen LogP) is 4.09. The molecule has 0 amide bonds. The van der Waals surface area contributed by atoms with Gasteiger partial charge < -0.3 is 4.90 Å². The summed E-state index contributed by atoms with van der Waals surface area (Å²) in [6.45, 7) is 1.11. The van der Waals surface area contributed by atoms with Gasteiger partial charge in [-0.15, -0.1) is 0 Å². The van der Waals surface area contributed by atoms with E-state index >= 15 is 0 Å². The SMILES string of the molecule is CS(=O)(=O)OCc1ccc(C2CC23CCN(c2ccc(C#N)cc2F)CC3)cc1F. The van der Waals surface area contributed by atoms with Crippen LogP contribution in [0, 0.1) is 28.4 Å². The zero-order valence-electron chi connectivity index (χ0n) is 16.6. The summed E-state index contributed by atoms with van der Waals surface area (Å²) in [7, 11) is -3.62. The first-order valence-electron chi connectivity index (χ1n) is 9.78. The molecule has 1 aliphatic heterocycles. The number of hydrogen-bond donors (Lipinski definition) is 0. The monoisotopic (exact) mass is 432 g/mol. The molecule has 1 saturated carbocycles. The molecule has 1 heterocycles. The van der Waals surface area contributed by atoms with Crippen LogP contribution in [0.1, 0.15) is 41.9 Å². The molecule has 1 unspecified atom stereocenters. The second kappa shape index (κ2) is 7.64. The molecule has 0 radical (unpaired) electrons. The number of nitrogens with zero attached hydrogens (tertiary/aromatic N) is 2. The topological polar surface area (TPSA) is 70.4 Å². The summed E-state index contributed by atoms with van der Waals surface area (Å²) in [6, 6.07) is 11.4. The Hall–Kier alpha value is -2.50. The van der Waals surface area contributed by atoms with Crippen molar-refractivity contribution in [2.75, 3.05) is 24.2 Å². The first-order valence-corrected chi connectivity index (χ1v) is 11.6. The Morgan fingerprint density at radius 3 is 2.50 bits per heavy atom. The van der Waals surface area contributed by atoms with Gasteiger partial charge in [0, 0.05) is 18.7 Å². The molecule has 8 heteroatoms. The predicted molar refractivity (Wildman–Crippen MR) is 108 cm³/mol. The number of benzene rings is 2. The molecule has 2 aliphatic rings. The molecule has 1 saturated heterocycles. The average molecular weight is 432 g/mol. The minimum atomic E-state index is -3.62. The van der Waals surface area contributed by atoms with Crippen LogP contribution in [0.15, 0.2) is 36.4 Å². The van der Waals surface area contributed by atoms with Crippen molar-refractivity contribution >= 4 is 15.8 Å². The third-order valence-electron chi connectivity index (χ3n) is 6.27. The van der Waals surface area contributed by atoms with E-state index in [1.165, 1.54) is 12.1 Å². The summed E-state index contributed by atoms with van der Waals surface area (Å²) in [5.41, 5.74) is 2.05. The first-order chi connectivity index (χ1) is 14.2. The maximum Gasteiger partial charge on any atom is 0.264 e. The Kier molecular flexibility index (Phi) is 5.28. The van der Waals surface area contributed by atoms with Gasteiger partial charge in [-0.05, 0) is 60.4 Å². The van der Waals surface area contributed by atoms with Gasteiger partial charge in [0.15, 0.2) is 0 Å². The summed E-state index contributed by atoms with van der Waals surface area (Å²) in [4.78, 5) is 2.00. The Labute approximate surface area is 175 Å². The fourth-order valence-corrected chi connectivity index (χ4v) is 4.81. The average Bonchev–Trinajstić information content (AvgIpc) is 3.40. The molecule has 2 aromatic rings. The molecule has 30 heavy (non-hydrogen) atoms. The number of anilines is 1. The molecule has 2 fully saturated rings. The van der Waals surface area contributed by atoms with E-state index < -0.39 is 15.9 Å². The largest absolute Gasteiger partial charge is 0.369 e. The fraction of sp³-hybridized carbons (Fsp3) is 0.409. The highest BCUT2D eigenvalue weighted by atomic mass is 32.2. The summed E-state index contributed by atoms with van der Waals surface area (Å²) in [5.74, 6) is -0.591. The summed E-state index contributed by atoms with van der Waals surface area (Å²) in [5, 5.41) is 8.89. The van der Waals surface area contributed by atoms with Crippen LogP contribution in [0.4, 0.5) is 14.5 Å². The molecular weight excluding hydrogens is 410 g/mol. The third-order valence-corrected chi connectivity index (χ3v) is 6.82. The molecule has 0 aromatic heterocycles. The maximum absolute atomic E-state index is 14.4. The van der Waals surface area contributed by atoms with Crippen LogP contribution in [0.2, 0.25) is 0 Å². The van der Waals surface area contributed by atoms with Crippen molar-refractivity contribution in [2.45, 2.75) is 31.8 Å². The van der Waals surface area contributed by atoms with Gasteiger partial charge in [-0.3, -0.25) is 4.18 Å². The van der Waals surface area contributed by atoms with Crippen LogP contribution in [-0.4, -0.2) is 27.8 Å². The second-order valence-corrected chi connectivity index (χ2v) is 9.85. The van der Waals surface area contributed by atoms with Crippen molar-refractivity contribution in [2.24, 2.45) is 5.41 Å². The van der Waals surface area contributed by atoms with Crippen molar-refractivity contribution in [1.82, 2.24) is 0 Å². The molecule has 2 aromatic carbocycles. The van der Waals surface area contributed by atoms with Crippen molar-refractivity contribution in [3.63, 3.8) is 0 Å². The molecule has 0 bridgehead atoms. The van der Waals surface area contributed by atoms with Crippen LogP contribution in [0.3, 0.4) is 0 Å². The Morgan fingerprint density at radius 1 is 1.17 bits per heavy atom. The van der Waals surface area contributed by atoms with E-state index in [9.17, 15) is 17.2 Å². The molecule has 4 rings (SSSR count). The lowest BCUT2D eigenvalue weighted by Gasteiger charge is -2.35. The highest BCUT2D eigenvalue weighted by Crippen LogP contribution is 2.65. The van der Waals surface area contributed by atoms with E-state index in [0.717, 1.165) is 31.1 Å². The zero-order valence-corrected chi connectivity index (χ0v) is 17.4. The van der Waals surface area contributed by atoms with E-state index in [1.807, 2.05) is 17.0 Å². The smallest absolute Gasteiger partial charge is 0.264 e. The van der Waals surface area contributed by atoms with Crippen molar-refractivity contribution in [3.05, 3.63) is 64.7 Å². The van der Waals surface area contributed by atoms with Crippen molar-refractivity contribution < 1.29 is 21.4 Å². The molecule has 1 spiro atoms. The number of piperidine rings is 1. The van der Waals surface area contributed by atoms with Gasteiger partial charge in [-0.1, -0.05) is 12.1 Å². The Morgan fingerprint density at radius 2 is 1.90 bits per heavy atom. The van der Waals surface area contributed by atoms with E-state index in [1.54, 1.807) is 18.2 Å². The van der Waals surface area contributed by atoms with Gasteiger partial charge in [-0.2, -0.15) is 13.7 Å². The van der Waals surface area contributed by atoms with Gasteiger partial charge >= 0.3 is 0 Å². The zero-order chi connectivity index (χ0) is 21.5. The highest BCUT2D eigenvalue weighted by Gasteiger charge is 2.55. The van der Waals surface area contributed by atoms with Crippen LogP contribution in [0.25, 0.3) is 0 Å². The van der Waals surface area contributed by atoms with Crippen LogP contribution in [0.5, 0.6) is 0 Å². The fourth-order valence-electron chi connectivity index (χ4n) is 4.47. The van der Waals surface area contributed by atoms with Gasteiger partial charge in [0.2, 0.25) is 0 Å². The van der Waals surface area contributed by atoms with Crippen molar-refractivity contribution in [3.8, 4) is 6.07 Å². The molecular formula is C22H22F2N2O3S. The van der Waals surface area contributed by atoms with E-state index in [-0.39, 0.29) is 29.3 Å². The molecule has 5 nitrogen and oxygen atoms in total. The summed E-state index contributed by atoms with van der Waals surface area (Å²) < 4.78 is 55.6. The molecule has 1 aliphatic carbocycles. The lowest BCUT2D eigenvalue weighted by Crippen LogP contribution is -2.35. The number of hydrogen-bond acceptors (Lipinski definition) is 5. The summed E-state index contributed by atoms with van der Waals surface area (Å²) >= 11 is 0. The standard InChI is InChI=1S/C22H22F2N2O3S/c1-30(27,28)29-14-17-4-3-16(11-19(17)23)18-12-22(18)6-8-26(9-7-22)21-5-2-15(13-25)10-20(21)24/h2-5,10-11,18H,6-9,12,14H2,1H3. The number of nitriles is 1. The van der Waals surface area contributed by atoms with Gasteiger partial charge in [-0.25, -0.2) is 8.78 Å². The quantitative estimate of drug-likeness (QED) is 0.666. The highest BCUT2D eigenvalue weighted by molar-refractivity contribution is 7.85. The van der Waals surface area contributed by atoms with Crippen LogP contribution in [-0.2, 0) is 20.9 Å². The van der Waals surface area contributed by atoms with E-state index in [0.29, 0.717) is 24.3 Å². The number of halogens is 2. The first kappa shape index (κ1) is 20.8. The number of rotatable bonds is 5. The van der Waals surface area contributed by atoms with E-state index in [2.05, 4.69) is 4.18 Å². The normalized spacial score (nSPS) is 20.2. The van der Waals surface area contributed by atoms with Crippen LogP contribution < -0.4 is 4.90 Å². The maximum atomic E-state index is 14.4. The third kappa shape index (κ3) is 4.18. The Balaban J connectivity index is 1.40. The molecule has 0 N–H and O–H groups in total. The second-order valence-electron chi connectivity index (χ2n) is 8.20. The van der Waals surface area contributed by atoms with Crippen LogP contribution >= 0.6 is 0 Å². The molecule has 158 valence electrons. The van der Waals surface area contributed by atoms with Gasteiger partial charge in [0.1, 0.15) is 11.6 Å². The molecule has 1 atom stereocenters. The Bertz CT molecular complexity index is 1120. The van der Waals surface area contributed by atoms with E-state index in [4.69, 9.17) is 5.26 Å².